The minimum atomic E-state index is -0.298. The quantitative estimate of drug-likeness (QED) is 0.523. The zero-order chi connectivity index (χ0) is 22.3. The molecule has 0 amide bonds. The molecule has 0 saturated carbocycles. The fourth-order valence-electron chi connectivity index (χ4n) is 3.84. The number of hydrogen-bond acceptors (Lipinski definition) is 4. The van der Waals surface area contributed by atoms with Gasteiger partial charge in [0.1, 0.15) is 11.6 Å². The Hall–Kier alpha value is -2.67. The van der Waals surface area contributed by atoms with Crippen molar-refractivity contribution in [1.29, 1.82) is 0 Å². The van der Waals surface area contributed by atoms with E-state index in [1.54, 1.807) is 31.4 Å². The van der Waals surface area contributed by atoms with E-state index in [-0.39, 0.29) is 17.3 Å². The first kappa shape index (κ1) is 23.0. The Labute approximate surface area is 184 Å². The van der Waals surface area contributed by atoms with Gasteiger partial charge in [-0.25, -0.2) is 9.37 Å². The highest BCUT2D eigenvalue weighted by Gasteiger charge is 2.35. The van der Waals surface area contributed by atoms with Crippen molar-refractivity contribution in [1.82, 2.24) is 15.6 Å². The van der Waals surface area contributed by atoms with Crippen LogP contribution in [0.2, 0.25) is 0 Å². The van der Waals surface area contributed by atoms with Crippen LogP contribution in [0.15, 0.2) is 47.6 Å². The van der Waals surface area contributed by atoms with E-state index >= 15 is 0 Å². The fourth-order valence-corrected chi connectivity index (χ4v) is 3.84. The van der Waals surface area contributed by atoms with Crippen LogP contribution in [0.25, 0.3) is 0 Å². The highest BCUT2D eigenvalue weighted by Crippen LogP contribution is 2.33. The third-order valence-electron chi connectivity index (χ3n) is 5.35. The molecule has 168 valence electrons. The van der Waals surface area contributed by atoms with Crippen molar-refractivity contribution in [2.24, 2.45) is 16.3 Å². The van der Waals surface area contributed by atoms with Crippen LogP contribution < -0.4 is 15.4 Å². The van der Waals surface area contributed by atoms with E-state index < -0.39 is 0 Å². The number of pyridine rings is 1. The zero-order valence-corrected chi connectivity index (χ0v) is 18.8. The van der Waals surface area contributed by atoms with Crippen LogP contribution in [0.1, 0.15) is 39.2 Å². The molecule has 0 spiro atoms. The van der Waals surface area contributed by atoms with Gasteiger partial charge in [0.2, 0.25) is 5.88 Å². The summed E-state index contributed by atoms with van der Waals surface area (Å²) in [4.78, 5) is 8.66. The van der Waals surface area contributed by atoms with Crippen LogP contribution in [0, 0.1) is 17.2 Å². The molecule has 7 heteroatoms. The van der Waals surface area contributed by atoms with E-state index in [0.717, 1.165) is 37.5 Å². The Bertz CT molecular complexity index is 847. The van der Waals surface area contributed by atoms with E-state index in [0.29, 0.717) is 24.1 Å². The number of aromatic nitrogens is 1. The van der Waals surface area contributed by atoms with Gasteiger partial charge in [0.05, 0.1) is 6.10 Å². The smallest absolute Gasteiger partial charge is 0.219 e. The maximum Gasteiger partial charge on any atom is 0.219 e. The van der Waals surface area contributed by atoms with Gasteiger partial charge in [0.15, 0.2) is 5.96 Å². The maximum atomic E-state index is 13.0. The standard InChI is InChI=1S/C24H33FN4O2/c1-24(2,3)22-18(6-5-13-30-22)16-29-23(26-4)28-15-17-7-12-21(27-14-17)31-20-10-8-19(25)9-11-20/h7-12,14,18,22H,5-6,13,15-16H2,1-4H3,(H2,26,28,29). The van der Waals surface area contributed by atoms with Crippen molar-refractivity contribution in [3.05, 3.63) is 54.0 Å². The highest BCUT2D eigenvalue weighted by atomic mass is 19.1. The molecule has 1 aliphatic heterocycles. The second-order valence-electron chi connectivity index (χ2n) is 8.93. The molecule has 2 atom stereocenters. The lowest BCUT2D eigenvalue weighted by Gasteiger charge is -2.40. The van der Waals surface area contributed by atoms with Gasteiger partial charge < -0.3 is 20.1 Å². The predicted molar refractivity (Wildman–Crippen MR) is 121 cm³/mol. The lowest BCUT2D eigenvalue weighted by Crippen LogP contribution is -2.47. The summed E-state index contributed by atoms with van der Waals surface area (Å²) in [6.45, 7) is 8.97. The molecule has 1 aromatic heterocycles. The zero-order valence-electron chi connectivity index (χ0n) is 18.8. The van der Waals surface area contributed by atoms with Crippen molar-refractivity contribution in [2.75, 3.05) is 20.2 Å². The van der Waals surface area contributed by atoms with Gasteiger partial charge in [-0.05, 0) is 48.1 Å². The van der Waals surface area contributed by atoms with Gasteiger partial charge >= 0.3 is 0 Å². The molecule has 3 rings (SSSR count). The van der Waals surface area contributed by atoms with E-state index in [2.05, 4.69) is 41.4 Å². The molecule has 1 aliphatic rings. The second-order valence-corrected chi connectivity index (χ2v) is 8.93. The molecule has 2 aromatic rings. The molecule has 0 bridgehead atoms. The Morgan fingerprint density at radius 2 is 1.97 bits per heavy atom. The Balaban J connectivity index is 1.48. The van der Waals surface area contributed by atoms with Crippen LogP contribution in [-0.2, 0) is 11.3 Å². The van der Waals surface area contributed by atoms with Crippen molar-refractivity contribution in [3.8, 4) is 11.6 Å². The topological polar surface area (TPSA) is 67.8 Å². The van der Waals surface area contributed by atoms with Crippen molar-refractivity contribution in [3.63, 3.8) is 0 Å². The number of benzene rings is 1. The maximum absolute atomic E-state index is 13.0. The lowest BCUT2D eigenvalue weighted by atomic mass is 9.78. The first-order valence-electron chi connectivity index (χ1n) is 10.8. The summed E-state index contributed by atoms with van der Waals surface area (Å²) in [6.07, 6.45) is 4.25. The SMILES string of the molecule is CN=C(NCc1ccc(Oc2ccc(F)cc2)nc1)NCC1CCCOC1C(C)(C)C. The Morgan fingerprint density at radius 1 is 1.19 bits per heavy atom. The van der Waals surface area contributed by atoms with Gasteiger partial charge in [-0.2, -0.15) is 0 Å². The summed E-state index contributed by atoms with van der Waals surface area (Å²) in [5.74, 6) is 1.92. The van der Waals surface area contributed by atoms with Gasteiger partial charge in [0.25, 0.3) is 0 Å². The molecule has 2 N–H and O–H groups in total. The molecule has 2 heterocycles. The van der Waals surface area contributed by atoms with E-state index in [9.17, 15) is 4.39 Å². The summed E-state index contributed by atoms with van der Waals surface area (Å²) < 4.78 is 24.7. The van der Waals surface area contributed by atoms with Crippen LogP contribution >= 0.6 is 0 Å². The largest absolute Gasteiger partial charge is 0.439 e. The first-order chi connectivity index (χ1) is 14.8. The molecule has 0 aliphatic carbocycles. The molecule has 2 unspecified atom stereocenters. The third kappa shape index (κ3) is 6.92. The predicted octanol–water partition coefficient (Wildman–Crippen LogP) is 4.52. The molecular formula is C24H33FN4O2. The number of rotatable bonds is 6. The van der Waals surface area contributed by atoms with Gasteiger partial charge in [-0.1, -0.05) is 26.8 Å². The highest BCUT2D eigenvalue weighted by molar-refractivity contribution is 5.79. The molecule has 1 saturated heterocycles. The van der Waals surface area contributed by atoms with Crippen molar-refractivity contribution >= 4 is 5.96 Å². The molecule has 0 radical (unpaired) electrons. The third-order valence-corrected chi connectivity index (χ3v) is 5.35. The summed E-state index contributed by atoms with van der Waals surface area (Å²) in [5.41, 5.74) is 1.12. The average Bonchev–Trinajstić information content (AvgIpc) is 2.76. The number of nitrogens with zero attached hydrogens (tertiary/aromatic N) is 2. The number of ether oxygens (including phenoxy) is 2. The van der Waals surface area contributed by atoms with E-state index in [1.165, 1.54) is 12.1 Å². The normalized spacial score (nSPS) is 19.7. The van der Waals surface area contributed by atoms with Gasteiger partial charge in [-0.15, -0.1) is 0 Å². The molecule has 31 heavy (non-hydrogen) atoms. The Morgan fingerprint density at radius 3 is 2.61 bits per heavy atom. The number of aliphatic imine (C=N–C) groups is 1. The summed E-state index contributed by atoms with van der Waals surface area (Å²) in [6, 6.07) is 9.60. The monoisotopic (exact) mass is 428 g/mol. The van der Waals surface area contributed by atoms with Crippen LogP contribution in [0.4, 0.5) is 4.39 Å². The number of hydrogen-bond donors (Lipinski definition) is 2. The average molecular weight is 429 g/mol. The molecule has 6 nitrogen and oxygen atoms in total. The minimum Gasteiger partial charge on any atom is -0.439 e. The summed E-state index contributed by atoms with van der Waals surface area (Å²) >= 11 is 0. The van der Waals surface area contributed by atoms with Crippen molar-refractivity contribution < 1.29 is 13.9 Å². The van der Waals surface area contributed by atoms with E-state index in [1.807, 2.05) is 6.07 Å². The van der Waals surface area contributed by atoms with Crippen LogP contribution in [-0.4, -0.2) is 37.2 Å². The molecular weight excluding hydrogens is 395 g/mol. The number of halogens is 1. The molecule has 1 aromatic carbocycles. The van der Waals surface area contributed by atoms with Gasteiger partial charge in [-0.3, -0.25) is 4.99 Å². The molecule has 1 fully saturated rings. The lowest BCUT2D eigenvalue weighted by molar-refractivity contribution is -0.0835. The van der Waals surface area contributed by atoms with E-state index in [4.69, 9.17) is 9.47 Å². The van der Waals surface area contributed by atoms with Gasteiger partial charge in [0, 0.05) is 44.9 Å². The van der Waals surface area contributed by atoms with Crippen LogP contribution in [0.3, 0.4) is 0 Å². The fraction of sp³-hybridized carbons (Fsp3) is 0.500. The Kier molecular flexibility index (Phi) is 7.85. The number of guanidine groups is 1. The first-order valence-corrected chi connectivity index (χ1v) is 10.8. The van der Waals surface area contributed by atoms with Crippen molar-refractivity contribution in [2.45, 2.75) is 46.3 Å². The summed E-state index contributed by atoms with van der Waals surface area (Å²) in [7, 11) is 1.77. The minimum absolute atomic E-state index is 0.118. The number of nitrogens with one attached hydrogen (secondary N) is 2. The second kappa shape index (κ2) is 10.6. The summed E-state index contributed by atoms with van der Waals surface area (Å²) in [5, 5.41) is 6.77. The van der Waals surface area contributed by atoms with Crippen LogP contribution in [0.5, 0.6) is 11.6 Å².